The van der Waals surface area contributed by atoms with Crippen molar-refractivity contribution in [3.05, 3.63) is 91.3 Å². The van der Waals surface area contributed by atoms with Crippen LogP contribution in [0.25, 0.3) is 10.9 Å². The molecule has 0 saturated carbocycles. The molecule has 3 aromatic carbocycles. The Hall–Kier alpha value is -4.72. The van der Waals surface area contributed by atoms with Crippen LogP contribution in [-0.4, -0.2) is 27.0 Å². The SMILES string of the molecule is O=C(O)C=CC(=O)Nc1ccc2ncnc(Nc3ccc(Oc4ccccc4)cc3)c2c1. The highest BCUT2D eigenvalue weighted by molar-refractivity contribution is 6.04. The van der Waals surface area contributed by atoms with Crippen LogP contribution in [0.5, 0.6) is 11.5 Å². The zero-order valence-electron chi connectivity index (χ0n) is 16.7. The molecule has 0 atom stereocenters. The Balaban J connectivity index is 1.52. The predicted molar refractivity (Wildman–Crippen MR) is 121 cm³/mol. The lowest BCUT2D eigenvalue weighted by Gasteiger charge is -2.11. The van der Waals surface area contributed by atoms with Crippen molar-refractivity contribution in [3.63, 3.8) is 0 Å². The summed E-state index contributed by atoms with van der Waals surface area (Å²) in [5, 5.41) is 15.2. The third-order valence-corrected chi connectivity index (χ3v) is 4.38. The molecule has 0 fully saturated rings. The van der Waals surface area contributed by atoms with Crippen LogP contribution in [0.15, 0.2) is 91.3 Å². The third-order valence-electron chi connectivity index (χ3n) is 4.38. The van der Waals surface area contributed by atoms with Gasteiger partial charge in [-0.05, 0) is 54.6 Å². The maximum atomic E-state index is 11.9. The van der Waals surface area contributed by atoms with Gasteiger partial charge in [-0.2, -0.15) is 0 Å². The summed E-state index contributed by atoms with van der Waals surface area (Å²) in [6, 6.07) is 22.1. The molecule has 0 spiro atoms. The van der Waals surface area contributed by atoms with E-state index in [-0.39, 0.29) is 0 Å². The molecular weight excluding hydrogens is 408 g/mol. The van der Waals surface area contributed by atoms with Gasteiger partial charge in [-0.25, -0.2) is 14.8 Å². The Morgan fingerprint density at radius 2 is 1.56 bits per heavy atom. The molecule has 8 nitrogen and oxygen atoms in total. The fourth-order valence-electron chi connectivity index (χ4n) is 2.93. The van der Waals surface area contributed by atoms with Crippen LogP contribution in [0.4, 0.5) is 17.2 Å². The number of benzene rings is 3. The van der Waals surface area contributed by atoms with Gasteiger partial charge >= 0.3 is 5.97 Å². The lowest BCUT2D eigenvalue weighted by atomic mass is 10.2. The van der Waals surface area contributed by atoms with E-state index in [1.54, 1.807) is 18.2 Å². The monoisotopic (exact) mass is 426 g/mol. The second kappa shape index (κ2) is 9.40. The van der Waals surface area contributed by atoms with Crippen molar-refractivity contribution < 1.29 is 19.4 Å². The summed E-state index contributed by atoms with van der Waals surface area (Å²) in [4.78, 5) is 31.0. The van der Waals surface area contributed by atoms with E-state index in [4.69, 9.17) is 9.84 Å². The standard InChI is InChI=1S/C24H18N4O4/c29-22(12-13-23(30)31)27-17-8-11-21-20(14-17)24(26-15-25-21)28-16-6-9-19(10-7-16)32-18-4-2-1-3-5-18/h1-15H,(H,27,29)(H,30,31)(H,25,26,28). The Labute approximate surface area is 183 Å². The summed E-state index contributed by atoms with van der Waals surface area (Å²) < 4.78 is 5.81. The van der Waals surface area contributed by atoms with E-state index in [1.165, 1.54) is 6.33 Å². The van der Waals surface area contributed by atoms with Gasteiger partial charge in [-0.15, -0.1) is 0 Å². The van der Waals surface area contributed by atoms with Gasteiger partial charge in [0.05, 0.1) is 5.52 Å². The van der Waals surface area contributed by atoms with Crippen molar-refractivity contribution in [3.8, 4) is 11.5 Å². The van der Waals surface area contributed by atoms with Gasteiger partial charge < -0.3 is 20.5 Å². The summed E-state index contributed by atoms with van der Waals surface area (Å²) in [6.45, 7) is 0. The molecule has 32 heavy (non-hydrogen) atoms. The van der Waals surface area contributed by atoms with E-state index in [2.05, 4.69) is 20.6 Å². The molecular formula is C24H18N4O4. The lowest BCUT2D eigenvalue weighted by Crippen LogP contribution is -2.08. The molecule has 4 rings (SSSR count). The van der Waals surface area contributed by atoms with E-state index < -0.39 is 11.9 Å². The van der Waals surface area contributed by atoms with Gasteiger partial charge in [0, 0.05) is 28.9 Å². The summed E-state index contributed by atoms with van der Waals surface area (Å²) in [5.41, 5.74) is 1.97. The maximum absolute atomic E-state index is 11.9. The van der Waals surface area contributed by atoms with Gasteiger partial charge in [0.25, 0.3) is 0 Å². The molecule has 0 bridgehead atoms. The van der Waals surface area contributed by atoms with Crippen LogP contribution in [0.3, 0.4) is 0 Å². The fourth-order valence-corrected chi connectivity index (χ4v) is 2.93. The first-order valence-electron chi connectivity index (χ1n) is 9.63. The maximum Gasteiger partial charge on any atom is 0.328 e. The fraction of sp³-hybridized carbons (Fsp3) is 0. The van der Waals surface area contributed by atoms with E-state index >= 15 is 0 Å². The smallest absolute Gasteiger partial charge is 0.328 e. The second-order valence-corrected chi connectivity index (χ2v) is 6.68. The number of para-hydroxylation sites is 1. The first-order valence-corrected chi connectivity index (χ1v) is 9.63. The lowest BCUT2D eigenvalue weighted by molar-refractivity contribution is -0.131. The first-order chi connectivity index (χ1) is 15.6. The second-order valence-electron chi connectivity index (χ2n) is 6.68. The topological polar surface area (TPSA) is 113 Å². The Morgan fingerprint density at radius 1 is 0.844 bits per heavy atom. The average molecular weight is 426 g/mol. The average Bonchev–Trinajstić information content (AvgIpc) is 2.80. The molecule has 0 aliphatic rings. The number of hydrogen-bond donors (Lipinski definition) is 3. The molecule has 1 amide bonds. The molecule has 1 aromatic heterocycles. The normalized spacial score (nSPS) is 10.8. The highest BCUT2D eigenvalue weighted by Crippen LogP contribution is 2.28. The Bertz CT molecular complexity index is 1290. The number of carbonyl (C=O) groups is 2. The van der Waals surface area contributed by atoms with Gasteiger partial charge in [0.2, 0.25) is 5.91 Å². The molecule has 3 N–H and O–H groups in total. The summed E-state index contributed by atoms with van der Waals surface area (Å²) in [5.74, 6) is 0.270. The number of fused-ring (bicyclic) bond motifs is 1. The van der Waals surface area contributed by atoms with Crippen LogP contribution in [0, 0.1) is 0 Å². The Morgan fingerprint density at radius 3 is 2.31 bits per heavy atom. The number of ether oxygens (including phenoxy) is 1. The first kappa shape index (κ1) is 20.5. The van der Waals surface area contributed by atoms with Crippen molar-refractivity contribution in [2.45, 2.75) is 0 Å². The van der Waals surface area contributed by atoms with Crippen molar-refractivity contribution in [2.75, 3.05) is 10.6 Å². The van der Waals surface area contributed by atoms with Crippen LogP contribution >= 0.6 is 0 Å². The van der Waals surface area contributed by atoms with Gasteiger partial charge in [0.1, 0.15) is 23.6 Å². The number of aliphatic carboxylic acids is 1. The number of hydrogen-bond acceptors (Lipinski definition) is 6. The Kier molecular flexibility index (Phi) is 6.03. The highest BCUT2D eigenvalue weighted by Gasteiger charge is 2.07. The third kappa shape index (κ3) is 5.25. The van der Waals surface area contributed by atoms with E-state index in [0.29, 0.717) is 28.2 Å². The van der Waals surface area contributed by atoms with Crippen molar-refractivity contribution >= 4 is 40.0 Å². The molecule has 0 aliphatic carbocycles. The van der Waals surface area contributed by atoms with Crippen LogP contribution in [-0.2, 0) is 9.59 Å². The van der Waals surface area contributed by atoms with Crippen molar-refractivity contribution in [1.82, 2.24) is 9.97 Å². The minimum Gasteiger partial charge on any atom is -0.478 e. The number of aromatic nitrogens is 2. The van der Waals surface area contributed by atoms with Crippen molar-refractivity contribution in [2.24, 2.45) is 0 Å². The highest BCUT2D eigenvalue weighted by atomic mass is 16.5. The van der Waals surface area contributed by atoms with Gasteiger partial charge in [-0.3, -0.25) is 4.79 Å². The quantitative estimate of drug-likeness (QED) is 0.366. The van der Waals surface area contributed by atoms with E-state index in [9.17, 15) is 9.59 Å². The number of carbonyl (C=O) groups excluding carboxylic acids is 1. The zero-order valence-corrected chi connectivity index (χ0v) is 16.7. The van der Waals surface area contributed by atoms with E-state index in [1.807, 2.05) is 54.6 Å². The van der Waals surface area contributed by atoms with Crippen LogP contribution in [0.2, 0.25) is 0 Å². The molecule has 0 radical (unpaired) electrons. The molecule has 158 valence electrons. The van der Waals surface area contributed by atoms with Crippen molar-refractivity contribution in [1.29, 1.82) is 0 Å². The number of rotatable bonds is 7. The molecule has 8 heteroatoms. The zero-order chi connectivity index (χ0) is 22.3. The molecule has 1 heterocycles. The molecule has 0 saturated heterocycles. The van der Waals surface area contributed by atoms with Crippen LogP contribution < -0.4 is 15.4 Å². The largest absolute Gasteiger partial charge is 0.478 e. The number of nitrogens with one attached hydrogen (secondary N) is 2. The number of anilines is 3. The summed E-state index contributed by atoms with van der Waals surface area (Å²) in [6.07, 6.45) is 3.18. The number of nitrogens with zero attached hydrogens (tertiary/aromatic N) is 2. The number of carboxylic acid groups (broad SMARTS) is 1. The van der Waals surface area contributed by atoms with E-state index in [0.717, 1.165) is 23.6 Å². The minimum atomic E-state index is -1.20. The van der Waals surface area contributed by atoms with Gasteiger partial charge in [-0.1, -0.05) is 18.2 Å². The number of amides is 1. The molecule has 4 aromatic rings. The minimum absolute atomic E-state index is 0.488. The molecule has 0 aliphatic heterocycles. The van der Waals surface area contributed by atoms with Gasteiger partial charge in [0.15, 0.2) is 0 Å². The predicted octanol–water partition coefficient (Wildman–Crippen LogP) is 4.75. The summed E-state index contributed by atoms with van der Waals surface area (Å²) >= 11 is 0. The van der Waals surface area contributed by atoms with Crippen LogP contribution in [0.1, 0.15) is 0 Å². The summed E-state index contributed by atoms with van der Waals surface area (Å²) in [7, 11) is 0. The molecule has 0 unspecified atom stereocenters. The number of carboxylic acids is 1.